The molecule has 2 N–H and O–H groups in total. The minimum Gasteiger partial charge on any atom is -0.478 e. The molecule has 0 saturated carbocycles. The third kappa shape index (κ3) is 5.61. The fourth-order valence-corrected chi connectivity index (χ4v) is 3.97. The van der Waals surface area contributed by atoms with E-state index in [9.17, 15) is 9.59 Å². The quantitative estimate of drug-likeness (QED) is 0.732. The molecule has 1 atom stereocenters. The van der Waals surface area contributed by atoms with Crippen LogP contribution in [0.2, 0.25) is 0 Å². The molecule has 1 unspecified atom stereocenters. The summed E-state index contributed by atoms with van der Waals surface area (Å²) in [6, 6.07) is 8.02. The Hall–Kier alpha value is -2.78. The first-order chi connectivity index (χ1) is 13.5. The second-order valence-electron chi connectivity index (χ2n) is 6.54. The van der Waals surface area contributed by atoms with Gasteiger partial charge in [-0.2, -0.15) is 0 Å². The number of carbonyl (C=O) groups is 2. The van der Waals surface area contributed by atoms with E-state index in [-0.39, 0.29) is 0 Å². The van der Waals surface area contributed by atoms with E-state index < -0.39 is 11.9 Å². The zero-order valence-corrected chi connectivity index (χ0v) is 15.9. The van der Waals surface area contributed by atoms with Crippen LogP contribution in [0.1, 0.15) is 12.8 Å². The molecule has 5 rings (SSSR count). The third-order valence-electron chi connectivity index (χ3n) is 4.65. The normalized spacial score (nSPS) is 23.1. The Kier molecular flexibility index (Phi) is 6.72. The van der Waals surface area contributed by atoms with Crippen molar-refractivity contribution >= 4 is 23.3 Å². The zero-order valence-electron chi connectivity index (χ0n) is 15.1. The van der Waals surface area contributed by atoms with Crippen molar-refractivity contribution in [3.63, 3.8) is 0 Å². The maximum atomic E-state index is 9.55. The highest BCUT2D eigenvalue weighted by Crippen LogP contribution is 2.30. The molecule has 0 spiro atoms. The number of aromatic nitrogens is 2. The van der Waals surface area contributed by atoms with Gasteiger partial charge in [0, 0.05) is 24.8 Å². The number of ether oxygens (including phenoxy) is 1. The van der Waals surface area contributed by atoms with E-state index in [2.05, 4.69) is 26.5 Å². The van der Waals surface area contributed by atoms with E-state index in [1.54, 1.807) is 11.3 Å². The largest absolute Gasteiger partial charge is 0.478 e. The summed E-state index contributed by atoms with van der Waals surface area (Å²) in [5.74, 6) is -1.16. The van der Waals surface area contributed by atoms with Gasteiger partial charge in [-0.1, -0.05) is 6.07 Å². The topological polar surface area (TPSA) is 113 Å². The molecule has 2 aromatic heterocycles. The maximum absolute atomic E-state index is 9.55. The molecule has 0 amide bonds. The van der Waals surface area contributed by atoms with Crippen molar-refractivity contribution in [3.05, 3.63) is 41.8 Å². The molecule has 2 aromatic rings. The first-order valence-electron chi connectivity index (χ1n) is 8.92. The molecule has 3 fully saturated rings. The standard InChI is InChI=1S/C15H17N3OS.C4H4O4/c1-2-14(20-9-1)12-3-4-15(17-16-12)19-13-10-18-7-5-11(13)6-8-18;5-3(6)1-2-4(7)8/h1-4,9,11,13H,5-8,10H2;1-2H,(H,5,6)(H,7,8)/b;2-1+. The fourth-order valence-electron chi connectivity index (χ4n) is 3.28. The molecule has 148 valence electrons. The first kappa shape index (κ1) is 20.0. The summed E-state index contributed by atoms with van der Waals surface area (Å²) in [6.45, 7) is 3.50. The molecular weight excluding hydrogens is 382 g/mol. The second kappa shape index (κ2) is 9.43. The van der Waals surface area contributed by atoms with Gasteiger partial charge >= 0.3 is 11.9 Å². The van der Waals surface area contributed by atoms with Crippen LogP contribution in [-0.4, -0.2) is 63.0 Å². The molecule has 0 aromatic carbocycles. The van der Waals surface area contributed by atoms with Crippen molar-refractivity contribution in [2.75, 3.05) is 19.6 Å². The summed E-state index contributed by atoms with van der Waals surface area (Å²) in [7, 11) is 0. The van der Waals surface area contributed by atoms with Crippen molar-refractivity contribution in [1.29, 1.82) is 0 Å². The van der Waals surface area contributed by atoms with Crippen LogP contribution in [0.5, 0.6) is 5.88 Å². The van der Waals surface area contributed by atoms with Gasteiger partial charge in [0.05, 0.1) is 4.88 Å². The Balaban J connectivity index is 0.000000242. The van der Waals surface area contributed by atoms with Gasteiger partial charge in [-0.15, -0.1) is 21.5 Å². The van der Waals surface area contributed by atoms with E-state index in [1.807, 2.05) is 18.2 Å². The lowest BCUT2D eigenvalue weighted by molar-refractivity contribution is -0.134. The Morgan fingerprint density at radius 3 is 2.29 bits per heavy atom. The van der Waals surface area contributed by atoms with Gasteiger partial charge in [-0.3, -0.25) is 4.90 Å². The molecule has 0 aliphatic carbocycles. The van der Waals surface area contributed by atoms with Crippen LogP contribution >= 0.6 is 11.3 Å². The van der Waals surface area contributed by atoms with Gasteiger partial charge in [0.15, 0.2) is 0 Å². The van der Waals surface area contributed by atoms with E-state index in [1.165, 1.54) is 25.9 Å². The molecule has 3 saturated heterocycles. The van der Waals surface area contributed by atoms with Crippen LogP contribution in [0.15, 0.2) is 41.8 Å². The number of fused-ring (bicyclic) bond motifs is 3. The van der Waals surface area contributed by atoms with Gasteiger partial charge in [0.25, 0.3) is 0 Å². The number of carboxylic acids is 2. The van der Waals surface area contributed by atoms with Gasteiger partial charge in [0.1, 0.15) is 11.8 Å². The summed E-state index contributed by atoms with van der Waals surface area (Å²) in [6.07, 6.45) is 3.92. The number of rotatable bonds is 5. The van der Waals surface area contributed by atoms with Gasteiger partial charge < -0.3 is 14.9 Å². The van der Waals surface area contributed by atoms with E-state index in [4.69, 9.17) is 14.9 Å². The zero-order chi connectivity index (χ0) is 19.9. The second-order valence-corrected chi connectivity index (χ2v) is 7.49. The molecule has 5 heterocycles. The van der Waals surface area contributed by atoms with Crippen molar-refractivity contribution < 1.29 is 24.5 Å². The van der Waals surface area contributed by atoms with E-state index in [0.29, 0.717) is 30.1 Å². The molecule has 8 nitrogen and oxygen atoms in total. The smallest absolute Gasteiger partial charge is 0.328 e. The number of hydrogen-bond donors (Lipinski definition) is 2. The van der Waals surface area contributed by atoms with Crippen LogP contribution in [0.4, 0.5) is 0 Å². The third-order valence-corrected chi connectivity index (χ3v) is 5.54. The number of hydrogen-bond acceptors (Lipinski definition) is 7. The summed E-state index contributed by atoms with van der Waals surface area (Å²) >= 11 is 1.68. The molecule has 2 bridgehead atoms. The highest BCUT2D eigenvalue weighted by Gasteiger charge is 2.35. The van der Waals surface area contributed by atoms with Crippen LogP contribution < -0.4 is 4.74 Å². The fraction of sp³-hybridized carbons (Fsp3) is 0.368. The maximum Gasteiger partial charge on any atom is 0.328 e. The predicted octanol–water partition coefficient (Wildman–Crippen LogP) is 2.39. The molecule has 28 heavy (non-hydrogen) atoms. The number of nitrogens with zero attached hydrogens (tertiary/aromatic N) is 3. The molecule has 0 radical (unpaired) electrons. The van der Waals surface area contributed by atoms with Crippen LogP contribution in [0.3, 0.4) is 0 Å². The Bertz CT molecular complexity index is 799. The molecule has 9 heteroatoms. The summed E-state index contributed by atoms with van der Waals surface area (Å²) in [4.78, 5) is 22.7. The summed E-state index contributed by atoms with van der Waals surface area (Å²) < 4.78 is 6.05. The van der Waals surface area contributed by atoms with Crippen LogP contribution in [-0.2, 0) is 9.59 Å². The minimum atomic E-state index is -1.26. The number of piperidine rings is 3. The Morgan fingerprint density at radius 1 is 1.11 bits per heavy atom. The molecular formula is C19H21N3O5S. The van der Waals surface area contributed by atoms with Crippen molar-refractivity contribution in [1.82, 2.24) is 15.1 Å². The summed E-state index contributed by atoms with van der Waals surface area (Å²) in [5, 5.41) is 26.2. The highest BCUT2D eigenvalue weighted by atomic mass is 32.1. The average Bonchev–Trinajstić information content (AvgIpc) is 3.23. The lowest BCUT2D eigenvalue weighted by Gasteiger charge is -2.44. The lowest BCUT2D eigenvalue weighted by atomic mass is 9.86. The van der Waals surface area contributed by atoms with E-state index >= 15 is 0 Å². The van der Waals surface area contributed by atoms with Gasteiger partial charge in [-0.05, 0) is 49.4 Å². The van der Waals surface area contributed by atoms with Crippen molar-refractivity contribution in [2.24, 2.45) is 5.92 Å². The van der Waals surface area contributed by atoms with Gasteiger partial charge in [-0.25, -0.2) is 9.59 Å². The number of carboxylic acid groups (broad SMARTS) is 2. The number of thiophene rings is 1. The first-order valence-corrected chi connectivity index (χ1v) is 9.80. The van der Waals surface area contributed by atoms with Gasteiger partial charge in [0.2, 0.25) is 5.88 Å². The minimum absolute atomic E-state index is 0.291. The van der Waals surface area contributed by atoms with Crippen LogP contribution in [0.25, 0.3) is 10.6 Å². The monoisotopic (exact) mass is 403 g/mol. The molecule has 3 aliphatic rings. The Labute approximate surface area is 166 Å². The number of aliphatic carboxylic acids is 2. The van der Waals surface area contributed by atoms with Crippen LogP contribution in [0, 0.1) is 5.92 Å². The predicted molar refractivity (Wildman–Crippen MR) is 103 cm³/mol. The van der Waals surface area contributed by atoms with Crippen molar-refractivity contribution in [2.45, 2.75) is 18.9 Å². The SMILES string of the molecule is O=C(O)/C=C/C(=O)O.c1csc(-c2ccc(OC3CN4CCC3CC4)nn2)c1. The average molecular weight is 403 g/mol. The highest BCUT2D eigenvalue weighted by molar-refractivity contribution is 7.13. The summed E-state index contributed by atoms with van der Waals surface area (Å²) in [5.41, 5.74) is 0.918. The van der Waals surface area contributed by atoms with E-state index in [0.717, 1.165) is 17.1 Å². The Morgan fingerprint density at radius 2 is 1.82 bits per heavy atom. The van der Waals surface area contributed by atoms with Crippen molar-refractivity contribution in [3.8, 4) is 16.5 Å². The molecule has 3 aliphatic heterocycles. The lowest BCUT2D eigenvalue weighted by Crippen LogP contribution is -2.52.